The molecule has 2 N–H and O–H groups in total. The van der Waals surface area contributed by atoms with Crippen molar-refractivity contribution in [2.24, 2.45) is 5.41 Å². The number of nitrogens with zero attached hydrogens (tertiary/aromatic N) is 1. The van der Waals surface area contributed by atoms with Gasteiger partial charge in [0.05, 0.1) is 18.9 Å². The van der Waals surface area contributed by atoms with Crippen molar-refractivity contribution in [3.8, 4) is 5.88 Å². The van der Waals surface area contributed by atoms with Crippen LogP contribution in [0.15, 0.2) is 18.2 Å². The van der Waals surface area contributed by atoms with Crippen LogP contribution in [0.25, 0.3) is 0 Å². The summed E-state index contributed by atoms with van der Waals surface area (Å²) in [6.07, 6.45) is 0.620. The van der Waals surface area contributed by atoms with Crippen LogP contribution in [0, 0.1) is 5.41 Å². The Bertz CT molecular complexity index is 393. The molecule has 4 heteroatoms. The van der Waals surface area contributed by atoms with E-state index in [-0.39, 0.29) is 11.5 Å². The van der Waals surface area contributed by atoms with Gasteiger partial charge in [0, 0.05) is 24.1 Å². The van der Waals surface area contributed by atoms with Crippen LogP contribution in [0.2, 0.25) is 0 Å². The summed E-state index contributed by atoms with van der Waals surface area (Å²) in [6.45, 7) is 4.87. The molecule has 0 aromatic carbocycles. The molecule has 1 fully saturated rings. The van der Waals surface area contributed by atoms with Crippen LogP contribution in [-0.4, -0.2) is 29.3 Å². The molecule has 4 nitrogen and oxygen atoms in total. The second kappa shape index (κ2) is 4.63. The molecule has 1 saturated carbocycles. The summed E-state index contributed by atoms with van der Waals surface area (Å²) in [5.74, 6) is 0.636. The fourth-order valence-corrected chi connectivity index (χ4v) is 2.15. The minimum absolute atomic E-state index is 0.0428. The van der Waals surface area contributed by atoms with E-state index in [4.69, 9.17) is 4.74 Å². The van der Waals surface area contributed by atoms with E-state index in [1.54, 1.807) is 7.11 Å². The van der Waals surface area contributed by atoms with Crippen molar-refractivity contribution >= 4 is 0 Å². The Morgan fingerprint density at radius 3 is 2.88 bits per heavy atom. The summed E-state index contributed by atoms with van der Waals surface area (Å²) in [7, 11) is 1.62. The Hall–Kier alpha value is -1.13. The highest BCUT2D eigenvalue weighted by molar-refractivity contribution is 5.16. The number of methoxy groups -OCH3 is 1. The largest absolute Gasteiger partial charge is 0.481 e. The van der Waals surface area contributed by atoms with E-state index >= 15 is 0 Å². The Balaban J connectivity index is 1.90. The van der Waals surface area contributed by atoms with E-state index in [0.717, 1.165) is 12.1 Å². The SMILES string of the molecule is COc1cccc(CNC2CC(O)C2(C)C)n1. The van der Waals surface area contributed by atoms with Crippen LogP contribution < -0.4 is 10.1 Å². The molecule has 2 atom stereocenters. The first-order valence-electron chi connectivity index (χ1n) is 5.95. The first-order valence-corrected chi connectivity index (χ1v) is 5.95. The van der Waals surface area contributed by atoms with Gasteiger partial charge in [0.2, 0.25) is 5.88 Å². The molecule has 1 heterocycles. The summed E-state index contributed by atoms with van der Waals surface area (Å²) in [5, 5.41) is 13.1. The van der Waals surface area contributed by atoms with E-state index in [9.17, 15) is 5.11 Å². The van der Waals surface area contributed by atoms with Gasteiger partial charge in [0.25, 0.3) is 0 Å². The molecule has 1 aliphatic carbocycles. The Morgan fingerprint density at radius 2 is 2.29 bits per heavy atom. The summed E-state index contributed by atoms with van der Waals surface area (Å²) >= 11 is 0. The van der Waals surface area contributed by atoms with E-state index in [1.165, 1.54) is 0 Å². The van der Waals surface area contributed by atoms with E-state index in [1.807, 2.05) is 18.2 Å². The lowest BCUT2D eigenvalue weighted by molar-refractivity contribution is -0.0730. The zero-order valence-electron chi connectivity index (χ0n) is 10.6. The predicted molar refractivity (Wildman–Crippen MR) is 65.8 cm³/mol. The van der Waals surface area contributed by atoms with Gasteiger partial charge in [-0.3, -0.25) is 0 Å². The Kier molecular flexibility index (Phi) is 3.35. The fraction of sp³-hybridized carbons (Fsp3) is 0.615. The highest BCUT2D eigenvalue weighted by atomic mass is 16.5. The molecule has 1 aliphatic rings. The van der Waals surface area contributed by atoms with Crippen molar-refractivity contribution in [3.05, 3.63) is 23.9 Å². The first-order chi connectivity index (χ1) is 8.04. The van der Waals surface area contributed by atoms with Crippen molar-refractivity contribution in [1.29, 1.82) is 0 Å². The topological polar surface area (TPSA) is 54.4 Å². The zero-order valence-corrected chi connectivity index (χ0v) is 10.6. The predicted octanol–water partition coefficient (Wildman–Crippen LogP) is 1.34. The standard InChI is InChI=1S/C13H20N2O2/c1-13(2)10(7-11(13)16)14-8-9-5-4-6-12(15-9)17-3/h4-6,10-11,14,16H,7-8H2,1-3H3. The van der Waals surface area contributed by atoms with Crippen LogP contribution in [0.4, 0.5) is 0 Å². The van der Waals surface area contributed by atoms with Crippen LogP contribution in [0.3, 0.4) is 0 Å². The number of ether oxygens (including phenoxy) is 1. The second-order valence-corrected chi connectivity index (χ2v) is 5.18. The molecule has 2 rings (SSSR count). The molecular weight excluding hydrogens is 216 g/mol. The van der Waals surface area contributed by atoms with Crippen molar-refractivity contribution in [1.82, 2.24) is 10.3 Å². The molecule has 17 heavy (non-hydrogen) atoms. The van der Waals surface area contributed by atoms with Crippen LogP contribution in [0.1, 0.15) is 26.0 Å². The van der Waals surface area contributed by atoms with Crippen LogP contribution in [-0.2, 0) is 6.54 Å². The smallest absolute Gasteiger partial charge is 0.213 e. The molecule has 0 radical (unpaired) electrons. The zero-order chi connectivity index (χ0) is 12.5. The number of hydrogen-bond acceptors (Lipinski definition) is 4. The van der Waals surface area contributed by atoms with E-state index < -0.39 is 0 Å². The number of aliphatic hydroxyl groups is 1. The van der Waals surface area contributed by atoms with Gasteiger partial charge < -0.3 is 15.2 Å². The van der Waals surface area contributed by atoms with Gasteiger partial charge in [-0.1, -0.05) is 19.9 Å². The monoisotopic (exact) mass is 236 g/mol. The third kappa shape index (κ3) is 2.42. The molecule has 0 saturated heterocycles. The van der Waals surface area contributed by atoms with Gasteiger partial charge in [0.15, 0.2) is 0 Å². The quantitative estimate of drug-likeness (QED) is 0.828. The van der Waals surface area contributed by atoms with Crippen molar-refractivity contribution in [3.63, 3.8) is 0 Å². The molecule has 2 unspecified atom stereocenters. The van der Waals surface area contributed by atoms with E-state index in [0.29, 0.717) is 18.5 Å². The highest BCUT2D eigenvalue weighted by Crippen LogP contribution is 2.40. The maximum absolute atomic E-state index is 9.65. The van der Waals surface area contributed by atoms with Gasteiger partial charge in [-0.2, -0.15) is 0 Å². The molecule has 0 spiro atoms. The van der Waals surface area contributed by atoms with E-state index in [2.05, 4.69) is 24.1 Å². The summed E-state index contributed by atoms with van der Waals surface area (Å²) in [6, 6.07) is 6.09. The first kappa shape index (κ1) is 12.3. The maximum atomic E-state index is 9.65. The minimum atomic E-state index is -0.196. The average Bonchev–Trinajstić information content (AvgIpc) is 2.34. The van der Waals surface area contributed by atoms with Gasteiger partial charge in [-0.15, -0.1) is 0 Å². The van der Waals surface area contributed by atoms with Crippen molar-refractivity contribution in [2.75, 3.05) is 7.11 Å². The lowest BCUT2D eigenvalue weighted by Gasteiger charge is -2.49. The third-order valence-electron chi connectivity index (χ3n) is 3.74. The summed E-state index contributed by atoms with van der Waals surface area (Å²) < 4.78 is 5.08. The molecule has 1 aromatic rings. The Labute approximate surface area is 102 Å². The van der Waals surface area contributed by atoms with Gasteiger partial charge >= 0.3 is 0 Å². The molecule has 1 aromatic heterocycles. The molecular formula is C13H20N2O2. The minimum Gasteiger partial charge on any atom is -0.481 e. The van der Waals surface area contributed by atoms with Crippen LogP contribution in [0.5, 0.6) is 5.88 Å². The normalized spacial score (nSPS) is 26.4. The van der Waals surface area contributed by atoms with Crippen molar-refractivity contribution in [2.45, 2.75) is 39.0 Å². The molecule has 0 aliphatic heterocycles. The number of pyridine rings is 1. The number of nitrogens with one attached hydrogen (secondary N) is 1. The summed E-state index contributed by atoms with van der Waals surface area (Å²) in [4.78, 5) is 4.34. The maximum Gasteiger partial charge on any atom is 0.213 e. The van der Waals surface area contributed by atoms with Crippen LogP contribution >= 0.6 is 0 Å². The highest BCUT2D eigenvalue weighted by Gasteiger charge is 2.46. The fourth-order valence-electron chi connectivity index (χ4n) is 2.15. The van der Waals surface area contributed by atoms with Crippen molar-refractivity contribution < 1.29 is 9.84 Å². The molecule has 94 valence electrons. The third-order valence-corrected chi connectivity index (χ3v) is 3.74. The second-order valence-electron chi connectivity index (χ2n) is 5.18. The van der Waals surface area contributed by atoms with Gasteiger partial charge in [0.1, 0.15) is 0 Å². The summed E-state index contributed by atoms with van der Waals surface area (Å²) in [5.41, 5.74) is 0.917. The lowest BCUT2D eigenvalue weighted by atomic mass is 9.64. The lowest BCUT2D eigenvalue weighted by Crippen LogP contribution is -2.59. The van der Waals surface area contributed by atoms with Gasteiger partial charge in [-0.05, 0) is 12.5 Å². The molecule has 0 bridgehead atoms. The number of rotatable bonds is 4. The number of aliphatic hydroxyl groups excluding tert-OH is 1. The molecule has 0 amide bonds. The average molecular weight is 236 g/mol. The number of hydrogen-bond donors (Lipinski definition) is 2. The number of aromatic nitrogens is 1. The van der Waals surface area contributed by atoms with Gasteiger partial charge in [-0.25, -0.2) is 4.98 Å². The Morgan fingerprint density at radius 1 is 1.53 bits per heavy atom.